The predicted molar refractivity (Wildman–Crippen MR) is 43.9 cm³/mol. The minimum atomic E-state index is -2.27. The van der Waals surface area contributed by atoms with Gasteiger partial charge < -0.3 is 28.6 Å². The SMILES string of the molecule is OP(O)OCCCCOP(O)O. The zero-order valence-electron chi connectivity index (χ0n) is 6.33. The fourth-order valence-electron chi connectivity index (χ4n) is 0.497. The van der Waals surface area contributed by atoms with Crippen molar-refractivity contribution in [3.05, 3.63) is 0 Å². The van der Waals surface area contributed by atoms with Crippen molar-refractivity contribution in [3.8, 4) is 0 Å². The third kappa shape index (κ3) is 10.6. The Morgan fingerprint density at radius 3 is 1.33 bits per heavy atom. The molecule has 74 valence electrons. The molecule has 8 heteroatoms. The van der Waals surface area contributed by atoms with Crippen LogP contribution in [0.4, 0.5) is 0 Å². The van der Waals surface area contributed by atoms with Gasteiger partial charge in [-0.05, 0) is 12.8 Å². The van der Waals surface area contributed by atoms with Crippen LogP contribution in [0, 0.1) is 0 Å². The highest BCUT2D eigenvalue weighted by atomic mass is 31.2. The predicted octanol–water partition coefficient (Wildman–Crippen LogP) is 0.223. The first kappa shape index (κ1) is 12.6. The molecule has 0 rings (SSSR count). The maximum Gasteiger partial charge on any atom is 0.327 e. The van der Waals surface area contributed by atoms with Crippen LogP contribution in [-0.2, 0) is 9.05 Å². The van der Waals surface area contributed by atoms with Gasteiger partial charge in [-0.1, -0.05) is 0 Å². The summed E-state index contributed by atoms with van der Waals surface area (Å²) in [6.07, 6.45) is 1.17. The van der Waals surface area contributed by atoms with Gasteiger partial charge in [-0.3, -0.25) is 0 Å². The van der Waals surface area contributed by atoms with Crippen LogP contribution in [0.25, 0.3) is 0 Å². The van der Waals surface area contributed by atoms with E-state index in [1.54, 1.807) is 0 Å². The monoisotopic (exact) mass is 218 g/mol. The van der Waals surface area contributed by atoms with Crippen molar-refractivity contribution in [3.63, 3.8) is 0 Å². The summed E-state index contributed by atoms with van der Waals surface area (Å²) < 4.78 is 8.90. The van der Waals surface area contributed by atoms with Crippen LogP contribution in [-0.4, -0.2) is 32.8 Å². The van der Waals surface area contributed by atoms with Crippen LogP contribution >= 0.6 is 17.2 Å². The van der Waals surface area contributed by atoms with Gasteiger partial charge in [0.2, 0.25) is 0 Å². The van der Waals surface area contributed by atoms with Crippen LogP contribution in [0.15, 0.2) is 0 Å². The standard InChI is InChI=1S/C4H12O6P2/c5-11(6)9-3-1-2-4-10-12(7)8/h5-8H,1-4H2. The van der Waals surface area contributed by atoms with Gasteiger partial charge in [0.15, 0.2) is 0 Å². The van der Waals surface area contributed by atoms with Gasteiger partial charge in [-0.15, -0.1) is 0 Å². The Morgan fingerprint density at radius 2 is 1.08 bits per heavy atom. The molecule has 0 radical (unpaired) electrons. The van der Waals surface area contributed by atoms with E-state index in [0.29, 0.717) is 12.8 Å². The Morgan fingerprint density at radius 1 is 0.750 bits per heavy atom. The van der Waals surface area contributed by atoms with Crippen molar-refractivity contribution in [2.45, 2.75) is 12.8 Å². The lowest BCUT2D eigenvalue weighted by molar-refractivity contribution is 0.220. The average molecular weight is 218 g/mol. The summed E-state index contributed by atoms with van der Waals surface area (Å²) in [4.78, 5) is 33.1. The Balaban J connectivity index is 2.91. The molecule has 0 heterocycles. The van der Waals surface area contributed by atoms with Crippen molar-refractivity contribution in [1.29, 1.82) is 0 Å². The molecule has 0 atom stereocenters. The van der Waals surface area contributed by atoms with E-state index in [-0.39, 0.29) is 13.2 Å². The van der Waals surface area contributed by atoms with Gasteiger partial charge in [-0.2, -0.15) is 0 Å². The highest BCUT2D eigenvalue weighted by molar-refractivity contribution is 7.39. The number of unbranched alkanes of at least 4 members (excludes halogenated alkanes) is 1. The highest BCUT2D eigenvalue weighted by Gasteiger charge is 2.00. The van der Waals surface area contributed by atoms with Gasteiger partial charge in [0.25, 0.3) is 0 Å². The van der Waals surface area contributed by atoms with Gasteiger partial charge in [0.1, 0.15) is 0 Å². The summed E-state index contributed by atoms with van der Waals surface area (Å²) >= 11 is 0. The first-order valence-corrected chi connectivity index (χ1v) is 5.57. The summed E-state index contributed by atoms with van der Waals surface area (Å²) in [6, 6.07) is 0. The molecule has 0 amide bonds. The molecule has 6 nitrogen and oxygen atoms in total. The van der Waals surface area contributed by atoms with Crippen molar-refractivity contribution in [1.82, 2.24) is 0 Å². The largest absolute Gasteiger partial charge is 0.328 e. The van der Waals surface area contributed by atoms with E-state index in [1.165, 1.54) is 0 Å². The molecule has 0 aliphatic carbocycles. The van der Waals surface area contributed by atoms with E-state index in [9.17, 15) is 0 Å². The lowest BCUT2D eigenvalue weighted by Gasteiger charge is -2.04. The van der Waals surface area contributed by atoms with Gasteiger partial charge in [0, 0.05) is 0 Å². The molecule has 0 aliphatic heterocycles. The van der Waals surface area contributed by atoms with Crippen molar-refractivity contribution in [2.24, 2.45) is 0 Å². The lowest BCUT2D eigenvalue weighted by Crippen LogP contribution is -1.94. The molecule has 0 aromatic rings. The molecule has 12 heavy (non-hydrogen) atoms. The van der Waals surface area contributed by atoms with Crippen LogP contribution in [0.2, 0.25) is 0 Å². The maximum absolute atomic E-state index is 8.29. The van der Waals surface area contributed by atoms with Gasteiger partial charge in [-0.25, -0.2) is 0 Å². The molecular weight excluding hydrogens is 206 g/mol. The van der Waals surface area contributed by atoms with Gasteiger partial charge in [0.05, 0.1) is 13.2 Å². The fourth-order valence-corrected chi connectivity index (χ4v) is 1.08. The molecule has 4 N–H and O–H groups in total. The van der Waals surface area contributed by atoms with Crippen molar-refractivity contribution in [2.75, 3.05) is 13.2 Å². The van der Waals surface area contributed by atoms with Crippen LogP contribution in [0.5, 0.6) is 0 Å². The molecular formula is C4H12O6P2. The molecule has 0 bridgehead atoms. The summed E-state index contributed by atoms with van der Waals surface area (Å²) in [6.45, 7) is 0.466. The third-order valence-corrected chi connectivity index (χ3v) is 1.78. The lowest BCUT2D eigenvalue weighted by atomic mass is 10.3. The highest BCUT2D eigenvalue weighted by Crippen LogP contribution is 2.26. The number of hydrogen-bond donors (Lipinski definition) is 4. The molecule has 0 aliphatic rings. The molecule has 0 aromatic carbocycles. The van der Waals surface area contributed by atoms with Crippen molar-refractivity contribution < 1.29 is 28.6 Å². The summed E-state index contributed by atoms with van der Waals surface area (Å²) in [5.41, 5.74) is 0. The molecule has 0 saturated heterocycles. The zero-order valence-corrected chi connectivity index (χ0v) is 8.12. The molecule has 0 saturated carbocycles. The Kier molecular flexibility index (Phi) is 8.65. The quantitative estimate of drug-likeness (QED) is 0.360. The second-order valence-electron chi connectivity index (χ2n) is 1.88. The molecule has 0 aromatic heterocycles. The normalized spacial score (nSPS) is 11.5. The van der Waals surface area contributed by atoms with E-state index >= 15 is 0 Å². The van der Waals surface area contributed by atoms with Gasteiger partial charge >= 0.3 is 17.2 Å². The molecule has 0 spiro atoms. The van der Waals surface area contributed by atoms with E-state index in [1.807, 2.05) is 0 Å². The average Bonchev–Trinajstić information content (AvgIpc) is 1.95. The number of rotatable bonds is 7. The minimum Gasteiger partial charge on any atom is -0.328 e. The van der Waals surface area contributed by atoms with E-state index in [0.717, 1.165) is 0 Å². The molecule has 0 unspecified atom stereocenters. The summed E-state index contributed by atoms with van der Waals surface area (Å²) in [5.74, 6) is 0. The first-order valence-electron chi connectivity index (χ1n) is 3.24. The van der Waals surface area contributed by atoms with Crippen LogP contribution in [0.1, 0.15) is 12.8 Å². The summed E-state index contributed by atoms with van der Waals surface area (Å²) in [7, 11) is -4.54. The minimum absolute atomic E-state index is 0.233. The van der Waals surface area contributed by atoms with Crippen molar-refractivity contribution >= 4 is 17.2 Å². The van der Waals surface area contributed by atoms with Crippen LogP contribution in [0.3, 0.4) is 0 Å². The van der Waals surface area contributed by atoms with E-state index in [2.05, 4.69) is 9.05 Å². The number of hydrogen-bond acceptors (Lipinski definition) is 6. The Hall–Kier alpha value is 0.620. The first-order chi connectivity index (χ1) is 5.63. The van der Waals surface area contributed by atoms with Crippen LogP contribution < -0.4 is 0 Å². The maximum atomic E-state index is 8.29. The second-order valence-corrected chi connectivity index (χ2v) is 3.41. The Labute approximate surface area is 72.8 Å². The topological polar surface area (TPSA) is 99.4 Å². The third-order valence-electron chi connectivity index (χ3n) is 0.952. The smallest absolute Gasteiger partial charge is 0.327 e. The zero-order chi connectivity index (χ0) is 9.40. The van der Waals surface area contributed by atoms with E-state index < -0.39 is 17.2 Å². The summed E-state index contributed by atoms with van der Waals surface area (Å²) in [5, 5.41) is 0. The fraction of sp³-hybridized carbons (Fsp3) is 1.00. The molecule has 0 fully saturated rings. The van der Waals surface area contributed by atoms with E-state index in [4.69, 9.17) is 19.6 Å². The Bertz CT molecular complexity index is 87.5. The second kappa shape index (κ2) is 8.23.